The largest absolute Gasteiger partial charge is 0.364 e. The second-order valence-electron chi connectivity index (χ2n) is 5.78. The third-order valence-corrected chi connectivity index (χ3v) is 4.43. The molecule has 6 heteroatoms. The van der Waals surface area contributed by atoms with Crippen LogP contribution in [-0.4, -0.2) is 21.2 Å². The molecule has 2 atom stereocenters. The zero-order valence-electron chi connectivity index (χ0n) is 12.6. The van der Waals surface area contributed by atoms with Crippen LogP contribution in [0.4, 0.5) is 11.5 Å². The Bertz CT molecular complexity index is 484. The summed E-state index contributed by atoms with van der Waals surface area (Å²) < 4.78 is 1.60. The average molecular weight is 280 g/mol. The lowest BCUT2D eigenvalue weighted by molar-refractivity contribution is -0.384. The molecular formula is C14H24N4O2. The minimum absolute atomic E-state index is 0.137. The highest BCUT2D eigenvalue weighted by Crippen LogP contribution is 2.32. The molecule has 2 rings (SSSR count). The van der Waals surface area contributed by atoms with E-state index in [-0.39, 0.29) is 10.6 Å². The number of nitrogens with one attached hydrogen (secondary N) is 1. The molecule has 0 aromatic carbocycles. The topological polar surface area (TPSA) is 73.0 Å². The zero-order chi connectivity index (χ0) is 14.7. The first-order chi connectivity index (χ1) is 9.54. The first-order valence-electron chi connectivity index (χ1n) is 7.48. The lowest BCUT2D eigenvalue weighted by Crippen LogP contribution is -2.25. The zero-order valence-corrected chi connectivity index (χ0v) is 12.6. The van der Waals surface area contributed by atoms with E-state index in [0.717, 1.165) is 6.54 Å². The predicted octanol–water partition coefficient (Wildman–Crippen LogP) is 3.13. The molecule has 0 bridgehead atoms. The van der Waals surface area contributed by atoms with Crippen LogP contribution in [0.3, 0.4) is 0 Å². The number of nitro groups is 1. The van der Waals surface area contributed by atoms with Gasteiger partial charge in [-0.15, -0.1) is 0 Å². The van der Waals surface area contributed by atoms with E-state index in [2.05, 4.69) is 17.3 Å². The van der Waals surface area contributed by atoms with Crippen LogP contribution >= 0.6 is 0 Å². The number of anilines is 1. The molecule has 0 saturated heterocycles. The maximum atomic E-state index is 11.2. The van der Waals surface area contributed by atoms with Gasteiger partial charge in [0.2, 0.25) is 5.82 Å². The first kappa shape index (κ1) is 14.8. The molecule has 1 heterocycles. The van der Waals surface area contributed by atoms with Gasteiger partial charge in [-0.3, -0.25) is 10.1 Å². The Kier molecular flexibility index (Phi) is 4.62. The summed E-state index contributed by atoms with van der Waals surface area (Å²) >= 11 is 0. The summed E-state index contributed by atoms with van der Waals surface area (Å²) in [5.74, 6) is 1.84. The van der Waals surface area contributed by atoms with Crippen LogP contribution < -0.4 is 5.32 Å². The molecule has 2 unspecified atom stereocenters. The summed E-state index contributed by atoms with van der Waals surface area (Å²) in [5.41, 5.74) is 0.690. The Hall–Kier alpha value is -1.59. The third-order valence-electron chi connectivity index (χ3n) is 4.43. The highest BCUT2D eigenvalue weighted by atomic mass is 16.6. The smallest absolute Gasteiger partial charge is 0.333 e. The van der Waals surface area contributed by atoms with Gasteiger partial charge in [-0.2, -0.15) is 5.10 Å². The van der Waals surface area contributed by atoms with E-state index < -0.39 is 0 Å². The molecule has 112 valence electrons. The highest BCUT2D eigenvalue weighted by molar-refractivity contribution is 5.59. The maximum absolute atomic E-state index is 11.2. The molecule has 6 nitrogen and oxygen atoms in total. The SMILES string of the molecule is CCc1nn(C)c(NCC2CCCCC2C)c1[N+](=O)[O-]. The molecule has 1 aliphatic rings. The van der Waals surface area contributed by atoms with E-state index in [4.69, 9.17) is 0 Å². The molecule has 0 amide bonds. The number of hydrogen-bond acceptors (Lipinski definition) is 4. The van der Waals surface area contributed by atoms with Crippen LogP contribution in [0, 0.1) is 22.0 Å². The van der Waals surface area contributed by atoms with Crippen molar-refractivity contribution in [2.75, 3.05) is 11.9 Å². The summed E-state index contributed by atoms with van der Waals surface area (Å²) in [6, 6.07) is 0. The molecule has 1 N–H and O–H groups in total. The van der Waals surface area contributed by atoms with Crippen molar-refractivity contribution >= 4 is 11.5 Å². The predicted molar refractivity (Wildman–Crippen MR) is 78.9 cm³/mol. The monoisotopic (exact) mass is 280 g/mol. The van der Waals surface area contributed by atoms with Gasteiger partial charge >= 0.3 is 5.69 Å². The van der Waals surface area contributed by atoms with Gasteiger partial charge in [0.05, 0.1) is 4.92 Å². The fourth-order valence-corrected chi connectivity index (χ4v) is 3.12. The minimum Gasteiger partial charge on any atom is -0.364 e. The van der Waals surface area contributed by atoms with Gasteiger partial charge < -0.3 is 5.32 Å². The molecule has 1 saturated carbocycles. The van der Waals surface area contributed by atoms with Crippen LogP contribution in [0.2, 0.25) is 0 Å². The molecule has 20 heavy (non-hydrogen) atoms. The second kappa shape index (κ2) is 6.24. The van der Waals surface area contributed by atoms with Crippen molar-refractivity contribution in [1.29, 1.82) is 0 Å². The molecule has 1 aromatic rings. The number of aryl methyl sites for hydroxylation is 2. The standard InChI is InChI=1S/C14H24N4O2/c1-4-12-13(18(19)20)14(17(3)16-12)15-9-11-8-6-5-7-10(11)2/h10-11,15H,4-9H2,1-3H3. The van der Waals surface area contributed by atoms with Gasteiger partial charge in [-0.25, -0.2) is 4.68 Å². The quantitative estimate of drug-likeness (QED) is 0.664. The van der Waals surface area contributed by atoms with Gasteiger partial charge in [-0.05, 0) is 24.7 Å². The fourth-order valence-electron chi connectivity index (χ4n) is 3.12. The van der Waals surface area contributed by atoms with Gasteiger partial charge in [0, 0.05) is 13.6 Å². The molecule has 0 aliphatic heterocycles. The van der Waals surface area contributed by atoms with Crippen molar-refractivity contribution < 1.29 is 4.92 Å². The summed E-state index contributed by atoms with van der Waals surface area (Å²) in [6.45, 7) is 4.97. The van der Waals surface area contributed by atoms with Crippen LogP contribution in [0.15, 0.2) is 0 Å². The summed E-state index contributed by atoms with van der Waals surface area (Å²) in [7, 11) is 1.76. The number of hydrogen-bond donors (Lipinski definition) is 1. The fraction of sp³-hybridized carbons (Fsp3) is 0.786. The van der Waals surface area contributed by atoms with E-state index in [9.17, 15) is 10.1 Å². The van der Waals surface area contributed by atoms with E-state index in [1.54, 1.807) is 11.7 Å². The van der Waals surface area contributed by atoms with Gasteiger partial charge in [0.1, 0.15) is 5.69 Å². The van der Waals surface area contributed by atoms with Crippen molar-refractivity contribution in [3.05, 3.63) is 15.8 Å². The summed E-state index contributed by atoms with van der Waals surface area (Å²) in [6.07, 6.45) is 5.63. The van der Waals surface area contributed by atoms with Gasteiger partial charge in [0.15, 0.2) is 0 Å². The highest BCUT2D eigenvalue weighted by Gasteiger charge is 2.27. The molecule has 1 aromatic heterocycles. The number of aromatic nitrogens is 2. The van der Waals surface area contributed by atoms with Crippen LogP contribution in [0.5, 0.6) is 0 Å². The maximum Gasteiger partial charge on any atom is 0.333 e. The second-order valence-corrected chi connectivity index (χ2v) is 5.78. The third kappa shape index (κ3) is 2.94. The van der Waals surface area contributed by atoms with Crippen LogP contribution in [-0.2, 0) is 13.5 Å². The molecule has 1 fully saturated rings. The van der Waals surface area contributed by atoms with Gasteiger partial charge in [-0.1, -0.05) is 33.1 Å². The minimum atomic E-state index is -0.321. The molecule has 1 aliphatic carbocycles. The van der Waals surface area contributed by atoms with E-state index in [0.29, 0.717) is 29.8 Å². The van der Waals surface area contributed by atoms with E-state index >= 15 is 0 Å². The Morgan fingerprint density at radius 2 is 2.15 bits per heavy atom. The van der Waals surface area contributed by atoms with Crippen molar-refractivity contribution in [1.82, 2.24) is 9.78 Å². The Morgan fingerprint density at radius 1 is 1.45 bits per heavy atom. The molecule has 0 radical (unpaired) electrons. The molecular weight excluding hydrogens is 256 g/mol. The first-order valence-corrected chi connectivity index (χ1v) is 7.48. The Balaban J connectivity index is 2.12. The molecule has 0 spiro atoms. The Labute approximate surface area is 119 Å². The van der Waals surface area contributed by atoms with E-state index in [1.807, 2.05) is 6.92 Å². The van der Waals surface area contributed by atoms with Crippen molar-refractivity contribution in [2.24, 2.45) is 18.9 Å². The summed E-state index contributed by atoms with van der Waals surface area (Å²) in [5, 5.41) is 18.8. The lowest BCUT2D eigenvalue weighted by atomic mass is 9.80. The number of rotatable bonds is 5. The van der Waals surface area contributed by atoms with E-state index in [1.165, 1.54) is 25.7 Å². The van der Waals surface area contributed by atoms with Crippen molar-refractivity contribution in [3.8, 4) is 0 Å². The average Bonchev–Trinajstić information content (AvgIpc) is 2.74. The van der Waals surface area contributed by atoms with Crippen LogP contribution in [0.25, 0.3) is 0 Å². The summed E-state index contributed by atoms with van der Waals surface area (Å²) in [4.78, 5) is 10.9. The number of nitrogens with zero attached hydrogens (tertiary/aromatic N) is 3. The normalized spacial score (nSPS) is 22.8. The van der Waals surface area contributed by atoms with Gasteiger partial charge in [0.25, 0.3) is 0 Å². The lowest BCUT2D eigenvalue weighted by Gasteiger charge is -2.28. The van der Waals surface area contributed by atoms with Crippen LogP contribution in [0.1, 0.15) is 45.2 Å². The van der Waals surface area contributed by atoms with Crippen molar-refractivity contribution in [2.45, 2.75) is 46.0 Å². The van der Waals surface area contributed by atoms with Crippen molar-refractivity contribution in [3.63, 3.8) is 0 Å². The Morgan fingerprint density at radius 3 is 2.75 bits per heavy atom.